The highest BCUT2D eigenvalue weighted by atomic mass is 79.9. The van der Waals surface area contributed by atoms with E-state index in [1.54, 1.807) is 6.20 Å². The summed E-state index contributed by atoms with van der Waals surface area (Å²) in [4.78, 5) is 12.8. The van der Waals surface area contributed by atoms with Crippen molar-refractivity contribution in [2.75, 3.05) is 0 Å². The lowest BCUT2D eigenvalue weighted by Gasteiger charge is -2.05. The highest BCUT2D eigenvalue weighted by Crippen LogP contribution is 2.10. The molecule has 5 nitrogen and oxygen atoms in total. The molecule has 102 valence electrons. The van der Waals surface area contributed by atoms with E-state index < -0.39 is 0 Å². The fourth-order valence-electron chi connectivity index (χ4n) is 1.98. The molecule has 0 amide bonds. The normalized spacial score (nSPS) is 11.1. The average Bonchev–Trinajstić information content (AvgIpc) is 2.84. The summed E-state index contributed by atoms with van der Waals surface area (Å²) in [5.74, 6) is 0. The van der Waals surface area contributed by atoms with Crippen molar-refractivity contribution in [3.05, 3.63) is 58.5 Å². The van der Waals surface area contributed by atoms with E-state index in [4.69, 9.17) is 0 Å². The van der Waals surface area contributed by atoms with Gasteiger partial charge in [-0.15, -0.1) is 0 Å². The van der Waals surface area contributed by atoms with E-state index in [0.717, 1.165) is 34.7 Å². The summed E-state index contributed by atoms with van der Waals surface area (Å²) in [6, 6.07) is 4.11. The first-order chi connectivity index (χ1) is 9.72. The number of nitrogens with one attached hydrogen (secondary N) is 1. The van der Waals surface area contributed by atoms with Gasteiger partial charge in [0, 0.05) is 31.2 Å². The van der Waals surface area contributed by atoms with Gasteiger partial charge in [0.25, 0.3) is 0 Å². The van der Waals surface area contributed by atoms with Crippen LogP contribution >= 0.6 is 15.9 Å². The highest BCUT2D eigenvalue weighted by molar-refractivity contribution is 9.10. The van der Waals surface area contributed by atoms with Crippen LogP contribution in [-0.2, 0) is 13.1 Å². The van der Waals surface area contributed by atoms with Gasteiger partial charge in [-0.3, -0.25) is 9.38 Å². The van der Waals surface area contributed by atoms with Crippen LogP contribution in [0, 0.1) is 6.92 Å². The van der Waals surface area contributed by atoms with Crippen LogP contribution in [0.25, 0.3) is 5.65 Å². The predicted octanol–water partition coefficient (Wildman–Crippen LogP) is 2.49. The maximum absolute atomic E-state index is 4.32. The summed E-state index contributed by atoms with van der Waals surface area (Å²) in [5, 5.41) is 3.40. The van der Waals surface area contributed by atoms with Crippen LogP contribution in [0.3, 0.4) is 0 Å². The lowest BCUT2D eigenvalue weighted by atomic mass is 10.2. The molecule has 0 radical (unpaired) electrons. The lowest BCUT2D eigenvalue weighted by Crippen LogP contribution is -2.14. The number of nitrogens with zero attached hydrogens (tertiary/aromatic N) is 4. The topological polar surface area (TPSA) is 55.1 Å². The van der Waals surface area contributed by atoms with Crippen molar-refractivity contribution >= 4 is 21.6 Å². The molecule has 0 aliphatic rings. The van der Waals surface area contributed by atoms with Gasteiger partial charge in [-0.2, -0.15) is 0 Å². The van der Waals surface area contributed by atoms with Crippen molar-refractivity contribution < 1.29 is 0 Å². The molecule has 0 unspecified atom stereocenters. The SMILES string of the molecule is Cc1ccc(CNCc2cnc3cnc(Br)cn23)cn1. The fourth-order valence-corrected chi connectivity index (χ4v) is 2.29. The van der Waals surface area contributed by atoms with Gasteiger partial charge >= 0.3 is 0 Å². The summed E-state index contributed by atoms with van der Waals surface area (Å²) >= 11 is 3.37. The Balaban J connectivity index is 1.68. The maximum atomic E-state index is 4.32. The van der Waals surface area contributed by atoms with Gasteiger partial charge in [-0.05, 0) is 34.5 Å². The molecule has 0 bridgehead atoms. The Morgan fingerprint density at radius 2 is 2.00 bits per heavy atom. The number of fused-ring (bicyclic) bond motifs is 1. The van der Waals surface area contributed by atoms with E-state index in [0.29, 0.717) is 0 Å². The van der Waals surface area contributed by atoms with Crippen LogP contribution in [0.1, 0.15) is 17.0 Å². The molecule has 0 saturated heterocycles. The smallest absolute Gasteiger partial charge is 0.155 e. The number of pyridine rings is 1. The molecule has 0 aliphatic heterocycles. The summed E-state index contributed by atoms with van der Waals surface area (Å²) in [7, 11) is 0. The minimum absolute atomic E-state index is 0.742. The van der Waals surface area contributed by atoms with Crippen LogP contribution in [0.15, 0.2) is 41.5 Å². The molecule has 0 spiro atoms. The number of aryl methyl sites for hydroxylation is 1. The van der Waals surface area contributed by atoms with E-state index in [-0.39, 0.29) is 0 Å². The summed E-state index contributed by atoms with van der Waals surface area (Å²) in [6.07, 6.45) is 7.44. The molecule has 0 aromatic carbocycles. The summed E-state index contributed by atoms with van der Waals surface area (Å²) < 4.78 is 2.82. The average molecular weight is 332 g/mol. The first-order valence-electron chi connectivity index (χ1n) is 6.32. The zero-order valence-electron chi connectivity index (χ0n) is 11.0. The van der Waals surface area contributed by atoms with Crippen molar-refractivity contribution in [3.8, 4) is 0 Å². The zero-order valence-corrected chi connectivity index (χ0v) is 12.6. The third kappa shape index (κ3) is 2.86. The number of hydrogen-bond donors (Lipinski definition) is 1. The minimum Gasteiger partial charge on any atom is -0.307 e. The molecular formula is C14H14BrN5. The van der Waals surface area contributed by atoms with Crippen molar-refractivity contribution in [2.45, 2.75) is 20.0 Å². The molecule has 3 heterocycles. The number of aromatic nitrogens is 4. The number of rotatable bonds is 4. The van der Waals surface area contributed by atoms with Crippen LogP contribution in [0.4, 0.5) is 0 Å². The molecule has 20 heavy (non-hydrogen) atoms. The summed E-state index contributed by atoms with van der Waals surface area (Å²) in [6.45, 7) is 3.51. The molecular weight excluding hydrogens is 318 g/mol. The monoisotopic (exact) mass is 331 g/mol. The van der Waals surface area contributed by atoms with Gasteiger partial charge in [-0.1, -0.05) is 6.07 Å². The molecule has 0 aliphatic carbocycles. The standard InChI is InChI=1S/C14H14BrN5/c1-10-2-3-11(5-17-10)4-16-6-12-7-19-14-8-18-13(15)9-20(12)14/h2-3,5,7-9,16H,4,6H2,1H3. The van der Waals surface area contributed by atoms with E-state index in [1.807, 2.05) is 36.0 Å². The third-order valence-electron chi connectivity index (χ3n) is 3.05. The van der Waals surface area contributed by atoms with E-state index in [1.165, 1.54) is 5.56 Å². The second-order valence-electron chi connectivity index (χ2n) is 4.60. The molecule has 0 atom stereocenters. The predicted molar refractivity (Wildman–Crippen MR) is 80.2 cm³/mol. The largest absolute Gasteiger partial charge is 0.307 e. The van der Waals surface area contributed by atoms with Gasteiger partial charge in [0.1, 0.15) is 4.60 Å². The highest BCUT2D eigenvalue weighted by Gasteiger charge is 2.04. The van der Waals surface area contributed by atoms with Crippen LogP contribution in [-0.4, -0.2) is 19.4 Å². The van der Waals surface area contributed by atoms with E-state index >= 15 is 0 Å². The minimum atomic E-state index is 0.742. The third-order valence-corrected chi connectivity index (χ3v) is 3.46. The molecule has 0 saturated carbocycles. The Morgan fingerprint density at radius 3 is 2.80 bits per heavy atom. The Hall–Kier alpha value is -1.79. The van der Waals surface area contributed by atoms with Gasteiger partial charge in [0.05, 0.1) is 18.1 Å². The van der Waals surface area contributed by atoms with Crippen molar-refractivity contribution in [1.29, 1.82) is 0 Å². The summed E-state index contributed by atoms with van der Waals surface area (Å²) in [5.41, 5.74) is 4.16. The van der Waals surface area contributed by atoms with Crippen LogP contribution < -0.4 is 5.32 Å². The van der Waals surface area contributed by atoms with E-state index in [2.05, 4.69) is 42.3 Å². The number of imidazole rings is 1. The molecule has 1 N–H and O–H groups in total. The Morgan fingerprint density at radius 1 is 1.10 bits per heavy atom. The fraction of sp³-hybridized carbons (Fsp3) is 0.214. The molecule has 3 rings (SSSR count). The van der Waals surface area contributed by atoms with Crippen molar-refractivity contribution in [1.82, 2.24) is 24.7 Å². The van der Waals surface area contributed by atoms with E-state index in [9.17, 15) is 0 Å². The molecule has 3 aromatic rings. The Bertz CT molecular complexity index is 720. The Labute approximate surface area is 125 Å². The quantitative estimate of drug-likeness (QED) is 0.798. The van der Waals surface area contributed by atoms with Crippen molar-refractivity contribution in [3.63, 3.8) is 0 Å². The first kappa shape index (κ1) is 13.2. The second-order valence-corrected chi connectivity index (χ2v) is 5.41. The maximum Gasteiger partial charge on any atom is 0.155 e. The van der Waals surface area contributed by atoms with Gasteiger partial charge in [0.2, 0.25) is 0 Å². The molecule has 3 aromatic heterocycles. The molecule has 0 fully saturated rings. The Kier molecular flexibility index (Phi) is 3.75. The van der Waals surface area contributed by atoms with Crippen LogP contribution in [0.5, 0.6) is 0 Å². The molecule has 6 heteroatoms. The lowest BCUT2D eigenvalue weighted by molar-refractivity contribution is 0.673. The van der Waals surface area contributed by atoms with Crippen molar-refractivity contribution in [2.24, 2.45) is 0 Å². The second kappa shape index (κ2) is 5.68. The van der Waals surface area contributed by atoms with Crippen LogP contribution in [0.2, 0.25) is 0 Å². The van der Waals surface area contributed by atoms with Gasteiger partial charge in [0.15, 0.2) is 5.65 Å². The number of hydrogen-bond acceptors (Lipinski definition) is 4. The number of halogens is 1. The van der Waals surface area contributed by atoms with Gasteiger partial charge in [-0.25, -0.2) is 9.97 Å². The first-order valence-corrected chi connectivity index (χ1v) is 7.11. The zero-order chi connectivity index (χ0) is 13.9. The van der Waals surface area contributed by atoms with Gasteiger partial charge < -0.3 is 5.32 Å².